The average Bonchev–Trinajstić information content (AvgIpc) is 1.61. The van der Waals surface area contributed by atoms with E-state index >= 15 is 0 Å². The standard InChI is InChI=1S/C26H41N3O6.C17H26N2O5.C14H25NO4.C12H18N2O3.H6P6.H5P3.2H4P3/c1-7-9-10-11-12-13-20(27-24(34)35-25(4,5)6)23(33)29-16-19(31)14-21(29)22(32)28-26(17(3)30)15-18(26)8-2;1-6-11-8-17(11,10(2)20)18-14(22)13-7-12(21)9-19(13)15(23)24-16(3,4)5;1-5-6-7-8-9-10-11(12(16)17)15-13(18)19-14(2,3)4;1-3-8-5-12(8,7(2)15)14-11(17)10-4-9(16)6-13-10;1-5(2)6(3)4;3*1-3-2/h7-8,18-21,31H,1-2,9-16H2,3-6H3,(H,27,34)(H,28,32);6,11-13,21H,1,7-9H2,2-5H3,(H,18,22);5,11H,1,6-10H2,2-4H3,(H,15,18)(H,16,17);3,8-10,13,16H,1,4-6H2,2H3,(H,14,17);1-2H,3-4H2;3H,1-2H2;2*1-2H2/q;;;;-2;;2*-1/t18-,19+,20+,21+,26+;11-,12+,13+,17+;11-;8-,9+,10+,12+;;;;/m1101..../s1. The van der Waals surface area contributed by atoms with Gasteiger partial charge in [0.1, 0.15) is 57.6 Å². The maximum atomic E-state index is 13.5. The highest BCUT2D eigenvalue weighted by Gasteiger charge is 2.61. The quantitative estimate of drug-likeness (QED) is 0.0144. The molecule has 22 atom stereocenters. The van der Waals surface area contributed by atoms with Crippen molar-refractivity contribution < 1.29 is 87.4 Å². The van der Waals surface area contributed by atoms with E-state index in [0.717, 1.165) is 52.9 Å². The number of carbonyl (C=O) groups is 11. The van der Waals surface area contributed by atoms with Crippen molar-refractivity contribution in [2.24, 2.45) is 17.8 Å². The first-order valence-corrected chi connectivity index (χ1v) is 57.9. The van der Waals surface area contributed by atoms with E-state index in [-0.39, 0.29) is 80.9 Å². The number of carbonyl (C=O) groups excluding carboxylic acids is 10. The minimum Gasteiger partial charge on any atom is -0.553 e. The topological polar surface area (TPSA) is 375 Å². The number of aliphatic hydroxyl groups is 3. The molecule has 110 heavy (non-hydrogen) atoms. The zero-order chi connectivity index (χ0) is 85.5. The van der Waals surface area contributed by atoms with Gasteiger partial charge in [0, 0.05) is 43.7 Å². The molecule has 632 valence electrons. The summed E-state index contributed by atoms with van der Waals surface area (Å²) in [6.45, 7) is 38.7. The molecule has 6 aliphatic rings. The number of likely N-dealkylation sites (tertiary alicyclic amines) is 2. The Morgan fingerprint density at radius 2 is 0.891 bits per heavy atom. The van der Waals surface area contributed by atoms with Crippen molar-refractivity contribution in [3.63, 3.8) is 0 Å². The summed E-state index contributed by atoms with van der Waals surface area (Å²) in [6, 6.07) is -3.98. The number of carboxylic acids is 1. The summed E-state index contributed by atoms with van der Waals surface area (Å²) in [7, 11) is 31.0. The van der Waals surface area contributed by atoms with Crippen LogP contribution < -0.4 is 31.9 Å². The Balaban J connectivity index is 0. The molecule has 3 aliphatic heterocycles. The van der Waals surface area contributed by atoms with Gasteiger partial charge in [-0.1, -0.05) is 64.0 Å². The van der Waals surface area contributed by atoms with Gasteiger partial charge < -0.3 is 112 Å². The number of β-amino-alcohol motifs (C(OH)–C–C–N with tert-alkyl or cyclic N) is 3. The first kappa shape index (κ1) is 111. The number of nitrogens with zero attached hydrogens (tertiary/aromatic N) is 2. The highest BCUT2D eigenvalue weighted by atomic mass is 33.0. The highest BCUT2D eigenvalue weighted by molar-refractivity contribution is 8.92. The molecule has 3 saturated carbocycles. The summed E-state index contributed by atoms with van der Waals surface area (Å²) in [6.07, 6.45) is 14.3. The second kappa shape index (κ2) is 55.8. The fourth-order valence-electron chi connectivity index (χ4n) is 11.6. The highest BCUT2D eigenvalue weighted by Crippen LogP contribution is 2.86. The second-order valence-electron chi connectivity index (χ2n) is 29.7. The van der Waals surface area contributed by atoms with E-state index in [1.54, 1.807) is 80.5 Å². The van der Waals surface area contributed by atoms with Crippen LogP contribution in [0.5, 0.6) is 0 Å². The van der Waals surface area contributed by atoms with Crippen LogP contribution in [0.25, 0.3) is 0 Å². The lowest BCUT2D eigenvalue weighted by atomic mass is 10.0. The van der Waals surface area contributed by atoms with Crippen LogP contribution in [0.3, 0.4) is 0 Å². The van der Waals surface area contributed by atoms with Crippen LogP contribution in [0.15, 0.2) is 63.3 Å². The zero-order valence-electron chi connectivity index (χ0n) is 66.0. The smallest absolute Gasteiger partial charge is 0.411 e. The number of nitrogens with one attached hydrogen (secondary N) is 6. The Bertz CT molecular complexity index is 3000. The number of carboxylic acid groups (broad SMARTS) is 1. The summed E-state index contributed by atoms with van der Waals surface area (Å²) >= 11 is 0. The number of unbranched alkanes of at least 4 members (excludes halogenated alkanes) is 6. The van der Waals surface area contributed by atoms with Crippen molar-refractivity contribution in [1.82, 2.24) is 41.7 Å². The van der Waals surface area contributed by atoms with E-state index in [9.17, 15) is 68.1 Å². The number of ketones is 3. The maximum absolute atomic E-state index is 13.5. The van der Waals surface area contributed by atoms with E-state index < -0.39 is 124 Å². The SMILES string of the molecule is C=CCCCCC[C@H](NC(=O)OC(C)(C)C)C(=O)N1C[C@@H](O)C[C@H]1C(=O)N[C@]1(C(C)=O)C[C@H]1C=C.C=CCCCCC[C@H](NC(=O)OC(C)(C)C)C(=O)O.C=C[C@@H]1C[C@]1(NC(=O)[C@@H]1C[C@H](O)CN1)C(C)=O.C=C[C@@H]1C[C@]1(NC(=O)[C@@H]1C[C@H](O)CN1C(=O)OC(C)(C)C)C(C)=O.PPP.P[P-]P.P[P-]P.[PH-]P([PH-])P(P)P. The molecular formula is C69H129N8O18P15-4. The van der Waals surface area contributed by atoms with Crippen molar-refractivity contribution in [1.29, 1.82) is 0 Å². The Hall–Kier alpha value is -0.840. The molecule has 3 aliphatic carbocycles. The molecule has 0 bridgehead atoms. The number of hydrogen-bond donors (Lipinski definition) is 10. The van der Waals surface area contributed by atoms with Crippen LogP contribution in [0.1, 0.15) is 186 Å². The lowest BCUT2D eigenvalue weighted by Gasteiger charge is -2.31. The van der Waals surface area contributed by atoms with Gasteiger partial charge in [-0.2, -0.15) is 0 Å². The summed E-state index contributed by atoms with van der Waals surface area (Å²) < 4.78 is 15.7. The van der Waals surface area contributed by atoms with Crippen molar-refractivity contribution in [2.75, 3.05) is 19.6 Å². The third-order valence-corrected chi connectivity index (χ3v) is 35.8. The van der Waals surface area contributed by atoms with Crippen molar-refractivity contribution in [2.45, 2.75) is 268 Å². The summed E-state index contributed by atoms with van der Waals surface area (Å²) in [5.74, 6) is -3.19. The third kappa shape index (κ3) is 43.2. The first-order valence-electron chi connectivity index (χ1n) is 35.8. The lowest BCUT2D eigenvalue weighted by Crippen LogP contribution is -2.56. The third-order valence-electron chi connectivity index (χ3n) is 17.3. The number of Topliss-reactive ketones (excluding diaryl/α,β-unsaturated/α-hetero) is 3. The molecule has 8 unspecified atom stereocenters. The summed E-state index contributed by atoms with van der Waals surface area (Å²) in [5, 5.41) is 54.9. The van der Waals surface area contributed by atoms with E-state index in [4.69, 9.17) is 19.3 Å². The van der Waals surface area contributed by atoms with Crippen LogP contribution in [0.4, 0.5) is 14.4 Å². The first-order chi connectivity index (χ1) is 51.0. The predicted molar refractivity (Wildman–Crippen MR) is 486 cm³/mol. The number of rotatable bonds is 29. The number of aliphatic hydroxyl groups excluding tert-OH is 3. The molecule has 3 heterocycles. The molecule has 6 fully saturated rings. The van der Waals surface area contributed by atoms with Crippen LogP contribution in [0, 0.1) is 17.8 Å². The molecule has 10 N–H and O–H groups in total. The molecule has 6 rings (SSSR count). The molecule has 0 aromatic rings. The minimum absolute atomic E-state index is 0.0299. The molecule has 41 heteroatoms. The Kier molecular flexibility index (Phi) is 56.4. The Morgan fingerprint density at radius 3 is 1.18 bits per heavy atom. The molecule has 7 amide bonds. The van der Waals surface area contributed by atoms with Gasteiger partial charge in [0.2, 0.25) is 23.6 Å². The van der Waals surface area contributed by atoms with Crippen LogP contribution in [-0.2, 0) is 52.6 Å². The Labute approximate surface area is 685 Å². The fourth-order valence-corrected chi connectivity index (χ4v) is 11.6. The average molecular weight is 1820 g/mol. The second-order valence-corrected chi connectivity index (χ2v) is 59.8. The molecule has 26 nitrogen and oxygen atoms in total. The fraction of sp³-hybridized carbons (Fsp3) is 0.696. The van der Waals surface area contributed by atoms with E-state index in [2.05, 4.69) is 154 Å². The predicted octanol–water partition coefficient (Wildman–Crippen LogP) is 13.9. The molecule has 0 aromatic heterocycles. The van der Waals surface area contributed by atoms with Crippen molar-refractivity contribution in [3.05, 3.63) is 63.3 Å². The van der Waals surface area contributed by atoms with E-state index in [1.165, 1.54) is 46.5 Å². The number of aliphatic carboxylic acids is 1. The molecule has 0 aromatic carbocycles. The normalized spacial score (nSPS) is 24.8. The van der Waals surface area contributed by atoms with Gasteiger partial charge in [-0.3, -0.25) is 74.2 Å². The minimum atomic E-state index is -1.03. The molecule has 3 saturated heterocycles. The number of amides is 7. The van der Waals surface area contributed by atoms with Crippen molar-refractivity contribution >= 4 is 192 Å². The van der Waals surface area contributed by atoms with Gasteiger partial charge in [-0.25, -0.2) is 19.2 Å². The molecule has 0 radical (unpaired) electrons. The number of ether oxygens (including phenoxy) is 3. The Morgan fingerprint density at radius 1 is 0.564 bits per heavy atom. The van der Waals surface area contributed by atoms with Gasteiger partial charge in [0.05, 0.1) is 30.9 Å². The van der Waals surface area contributed by atoms with Gasteiger partial charge in [0.25, 0.3) is 0 Å². The maximum Gasteiger partial charge on any atom is 0.411 e. The van der Waals surface area contributed by atoms with Crippen LogP contribution >= 0.6 is 127 Å². The number of alkyl carbamates (subject to hydrolysis) is 2. The van der Waals surface area contributed by atoms with Gasteiger partial charge in [-0.05, 0) is 147 Å². The lowest BCUT2D eigenvalue weighted by molar-refractivity contribution is -0.141. The molecular weight excluding hydrogens is 1690 g/mol. The van der Waals surface area contributed by atoms with Gasteiger partial charge in [0.15, 0.2) is 17.3 Å². The van der Waals surface area contributed by atoms with Crippen molar-refractivity contribution in [3.8, 4) is 0 Å². The van der Waals surface area contributed by atoms with Crippen LogP contribution in [-0.4, -0.2) is 197 Å². The van der Waals surface area contributed by atoms with Gasteiger partial charge in [-0.15, -0.1) is 75.6 Å². The van der Waals surface area contributed by atoms with E-state index in [1.807, 2.05) is 12.2 Å². The monoisotopic (exact) mass is 1820 g/mol. The number of hydrogen-bond acceptors (Lipinski definition) is 18. The van der Waals surface area contributed by atoms with E-state index in [0.29, 0.717) is 51.5 Å². The summed E-state index contributed by atoms with van der Waals surface area (Å²) in [4.78, 5) is 137. The largest absolute Gasteiger partial charge is 0.553 e. The molecule has 0 spiro atoms. The zero-order valence-corrected chi connectivity index (χ0v) is 81.8. The van der Waals surface area contributed by atoms with Crippen LogP contribution in [0.2, 0.25) is 0 Å². The summed E-state index contributed by atoms with van der Waals surface area (Å²) in [5.41, 5.74) is -4.73. The number of allylic oxidation sites excluding steroid dienone is 2. The van der Waals surface area contributed by atoms with Gasteiger partial charge >= 0.3 is 24.2 Å².